The third-order valence-corrected chi connectivity index (χ3v) is 5.15. The number of hydrogen-bond donors (Lipinski definition) is 2. The number of nitrogens with two attached hydrogens (primary N) is 1. The predicted octanol–water partition coefficient (Wildman–Crippen LogP) is 3.09. The molecule has 0 bridgehead atoms. The molecular weight excluding hydrogens is 437 g/mol. The molecule has 1 rings (SSSR count). The van der Waals surface area contributed by atoms with E-state index < -0.39 is 9.84 Å². The Morgan fingerprint density at radius 1 is 1.12 bits per heavy atom. The number of aliphatic imine (C=N–C) groups is 1. The van der Waals surface area contributed by atoms with Gasteiger partial charge in [-0.1, -0.05) is 56.5 Å². The van der Waals surface area contributed by atoms with Crippen LogP contribution < -0.4 is 11.1 Å². The fourth-order valence-electron chi connectivity index (χ4n) is 2.21. The molecule has 7 heteroatoms. The molecule has 5 nitrogen and oxygen atoms in total. The van der Waals surface area contributed by atoms with Gasteiger partial charge in [-0.05, 0) is 18.4 Å². The van der Waals surface area contributed by atoms with E-state index >= 15 is 0 Å². The Balaban J connectivity index is 0.00000529. The second-order valence-electron chi connectivity index (χ2n) is 5.69. The monoisotopic (exact) mass is 467 g/mol. The Morgan fingerprint density at radius 3 is 2.50 bits per heavy atom. The molecule has 0 aromatic heterocycles. The molecule has 0 fully saturated rings. The van der Waals surface area contributed by atoms with Crippen LogP contribution in [0.3, 0.4) is 0 Å². The van der Waals surface area contributed by atoms with Gasteiger partial charge in [-0.25, -0.2) is 8.42 Å². The predicted molar refractivity (Wildman–Crippen MR) is 113 cm³/mol. The largest absolute Gasteiger partial charge is 0.370 e. The molecule has 0 aliphatic heterocycles. The Labute approximate surface area is 163 Å². The van der Waals surface area contributed by atoms with Gasteiger partial charge in [0.1, 0.15) is 0 Å². The summed E-state index contributed by atoms with van der Waals surface area (Å²) in [5, 5.41) is 3.06. The Kier molecular flexibility index (Phi) is 13.0. The first kappa shape index (κ1) is 23.2. The van der Waals surface area contributed by atoms with Crippen LogP contribution in [0.25, 0.3) is 0 Å². The fraction of sp³-hybridized carbons (Fsp3) is 0.588. The highest BCUT2D eigenvalue weighted by Crippen LogP contribution is 2.07. The molecule has 0 aliphatic carbocycles. The third kappa shape index (κ3) is 11.7. The van der Waals surface area contributed by atoms with Crippen LogP contribution in [0.15, 0.2) is 35.3 Å². The number of nitrogens with zero attached hydrogens (tertiary/aromatic N) is 1. The van der Waals surface area contributed by atoms with Gasteiger partial charge in [-0.2, -0.15) is 0 Å². The lowest BCUT2D eigenvalue weighted by Crippen LogP contribution is -2.32. The number of sulfone groups is 1. The lowest BCUT2D eigenvalue weighted by molar-refractivity contribution is 0.592. The van der Waals surface area contributed by atoms with E-state index in [-0.39, 0.29) is 35.5 Å². The molecule has 0 unspecified atom stereocenters. The van der Waals surface area contributed by atoms with Crippen molar-refractivity contribution in [2.24, 2.45) is 10.7 Å². The van der Waals surface area contributed by atoms with Crippen molar-refractivity contribution >= 4 is 39.8 Å². The first-order chi connectivity index (χ1) is 11.0. The molecule has 3 N–H and O–H groups in total. The van der Waals surface area contributed by atoms with Gasteiger partial charge >= 0.3 is 0 Å². The van der Waals surface area contributed by atoms with Crippen molar-refractivity contribution in [1.82, 2.24) is 5.32 Å². The molecule has 0 amide bonds. The summed E-state index contributed by atoms with van der Waals surface area (Å²) in [6, 6.07) is 9.24. The number of benzene rings is 1. The van der Waals surface area contributed by atoms with Crippen LogP contribution >= 0.6 is 24.0 Å². The van der Waals surface area contributed by atoms with E-state index in [9.17, 15) is 8.42 Å². The van der Waals surface area contributed by atoms with Crippen molar-refractivity contribution in [2.45, 2.75) is 44.8 Å². The van der Waals surface area contributed by atoms with Crippen molar-refractivity contribution in [2.75, 3.05) is 18.8 Å². The second-order valence-corrected chi connectivity index (χ2v) is 7.87. The number of halogens is 1. The molecule has 0 spiro atoms. The molecule has 0 radical (unpaired) electrons. The van der Waals surface area contributed by atoms with E-state index in [1.54, 1.807) is 0 Å². The fourth-order valence-corrected chi connectivity index (χ4v) is 3.62. The van der Waals surface area contributed by atoms with E-state index in [4.69, 9.17) is 5.73 Å². The summed E-state index contributed by atoms with van der Waals surface area (Å²) >= 11 is 0. The molecule has 1 aromatic rings. The lowest BCUT2D eigenvalue weighted by Gasteiger charge is -2.06. The van der Waals surface area contributed by atoms with Crippen LogP contribution in [-0.4, -0.2) is 33.2 Å². The quantitative estimate of drug-likeness (QED) is 0.227. The highest BCUT2D eigenvalue weighted by atomic mass is 127. The van der Waals surface area contributed by atoms with Gasteiger partial charge in [0, 0.05) is 13.1 Å². The molecule has 138 valence electrons. The summed E-state index contributed by atoms with van der Waals surface area (Å²) in [7, 11) is -3.09. The van der Waals surface area contributed by atoms with E-state index in [1.165, 1.54) is 19.3 Å². The number of nitrogens with one attached hydrogen (secondary N) is 1. The van der Waals surface area contributed by atoms with Crippen molar-refractivity contribution in [3.8, 4) is 0 Å². The van der Waals surface area contributed by atoms with Gasteiger partial charge in [0.25, 0.3) is 0 Å². The summed E-state index contributed by atoms with van der Waals surface area (Å²) in [6.07, 6.45) is 5.20. The highest BCUT2D eigenvalue weighted by Gasteiger charge is 2.11. The maximum absolute atomic E-state index is 12.0. The maximum atomic E-state index is 12.0. The zero-order valence-corrected chi connectivity index (χ0v) is 17.6. The summed E-state index contributed by atoms with van der Waals surface area (Å²) in [5.74, 6) is 0.625. The second kappa shape index (κ2) is 13.5. The van der Waals surface area contributed by atoms with Crippen LogP contribution in [0.4, 0.5) is 0 Å². The Hall–Kier alpha value is -0.830. The number of guanidine groups is 1. The first-order valence-corrected chi connectivity index (χ1v) is 10.1. The molecule has 0 atom stereocenters. The van der Waals surface area contributed by atoms with Crippen LogP contribution in [0.1, 0.15) is 44.6 Å². The summed E-state index contributed by atoms with van der Waals surface area (Å²) in [6.45, 7) is 3.43. The minimum atomic E-state index is -3.09. The lowest BCUT2D eigenvalue weighted by atomic mass is 10.2. The smallest absolute Gasteiger partial charge is 0.188 e. The van der Waals surface area contributed by atoms with E-state index in [1.807, 2.05) is 30.3 Å². The van der Waals surface area contributed by atoms with E-state index in [2.05, 4.69) is 17.2 Å². The zero-order chi connectivity index (χ0) is 17.0. The molecule has 0 aliphatic rings. The van der Waals surface area contributed by atoms with Crippen molar-refractivity contribution < 1.29 is 8.42 Å². The van der Waals surface area contributed by atoms with Crippen molar-refractivity contribution in [3.63, 3.8) is 0 Å². The minimum absolute atomic E-state index is 0. The normalized spacial score (nSPS) is 11.8. The minimum Gasteiger partial charge on any atom is -0.370 e. The number of rotatable bonds is 11. The van der Waals surface area contributed by atoms with Crippen LogP contribution in [0, 0.1) is 0 Å². The Bertz CT molecular complexity index is 562. The van der Waals surface area contributed by atoms with Crippen molar-refractivity contribution in [3.05, 3.63) is 35.9 Å². The van der Waals surface area contributed by atoms with Crippen molar-refractivity contribution in [1.29, 1.82) is 0 Å². The zero-order valence-electron chi connectivity index (χ0n) is 14.4. The van der Waals surface area contributed by atoms with Crippen LogP contribution in [0.5, 0.6) is 0 Å². The topological polar surface area (TPSA) is 84.5 Å². The van der Waals surface area contributed by atoms with Gasteiger partial charge in [0.15, 0.2) is 15.8 Å². The van der Waals surface area contributed by atoms with Gasteiger partial charge < -0.3 is 11.1 Å². The SMILES string of the molecule is CCCCCCNC(N)=NCCCS(=O)(=O)Cc1ccccc1.I. The van der Waals surface area contributed by atoms with Gasteiger partial charge in [0.2, 0.25) is 0 Å². The molecule has 1 aromatic carbocycles. The standard InChI is InChI=1S/C17H29N3O2S.HI/c1-2-3-4-8-12-19-17(18)20-13-9-14-23(21,22)15-16-10-6-5-7-11-16;/h5-7,10-11H,2-4,8-9,12-15H2,1H3,(H3,18,19,20);1H. The van der Waals surface area contributed by atoms with Gasteiger partial charge in [-0.15, -0.1) is 24.0 Å². The summed E-state index contributed by atoms with van der Waals surface area (Å²) in [5.41, 5.74) is 6.57. The van der Waals surface area contributed by atoms with Crippen LogP contribution in [-0.2, 0) is 15.6 Å². The first-order valence-electron chi connectivity index (χ1n) is 8.31. The molecule has 0 heterocycles. The molecule has 0 saturated carbocycles. The average Bonchev–Trinajstić information content (AvgIpc) is 2.52. The number of hydrogen-bond acceptors (Lipinski definition) is 3. The third-order valence-electron chi connectivity index (χ3n) is 3.46. The maximum Gasteiger partial charge on any atom is 0.188 e. The van der Waals surface area contributed by atoms with Gasteiger partial charge in [0.05, 0.1) is 11.5 Å². The molecule has 24 heavy (non-hydrogen) atoms. The highest BCUT2D eigenvalue weighted by molar-refractivity contribution is 14.0. The van der Waals surface area contributed by atoms with Gasteiger partial charge in [-0.3, -0.25) is 4.99 Å². The number of unbranched alkanes of at least 4 members (excludes halogenated alkanes) is 3. The summed E-state index contributed by atoms with van der Waals surface area (Å²) < 4.78 is 24.0. The molecule has 0 saturated heterocycles. The van der Waals surface area contributed by atoms with E-state index in [0.717, 1.165) is 18.5 Å². The average molecular weight is 467 g/mol. The van der Waals surface area contributed by atoms with E-state index in [0.29, 0.717) is 18.9 Å². The van der Waals surface area contributed by atoms with Crippen LogP contribution in [0.2, 0.25) is 0 Å². The Morgan fingerprint density at radius 2 is 1.83 bits per heavy atom. The molecular formula is C17H30IN3O2S. The summed E-state index contributed by atoms with van der Waals surface area (Å²) in [4.78, 5) is 4.17.